The molecule has 1 N–H and O–H groups in total. The third-order valence-corrected chi connectivity index (χ3v) is 4.82. The zero-order valence-corrected chi connectivity index (χ0v) is 14.0. The minimum atomic E-state index is -0.238. The van der Waals surface area contributed by atoms with Crippen LogP contribution in [0.15, 0.2) is 0 Å². The molecule has 21 heavy (non-hydrogen) atoms. The SMILES string of the molecule is CCCC1NC2(CCCC2)C(=O)N1CCOCCC(C)C. The smallest absolute Gasteiger partial charge is 0.244 e. The summed E-state index contributed by atoms with van der Waals surface area (Å²) >= 11 is 0. The normalized spacial score (nSPS) is 24.7. The average molecular weight is 296 g/mol. The molecule has 4 nitrogen and oxygen atoms in total. The molecule has 0 bridgehead atoms. The van der Waals surface area contributed by atoms with E-state index in [0.717, 1.165) is 45.3 Å². The summed E-state index contributed by atoms with van der Waals surface area (Å²) in [6.07, 6.45) is 7.83. The molecular formula is C17H32N2O2. The molecule has 122 valence electrons. The van der Waals surface area contributed by atoms with E-state index >= 15 is 0 Å². The molecule has 1 heterocycles. The number of ether oxygens (including phenoxy) is 1. The van der Waals surface area contributed by atoms with Crippen molar-refractivity contribution in [1.29, 1.82) is 0 Å². The Labute approximate surface area is 129 Å². The first-order valence-electron chi connectivity index (χ1n) is 8.75. The lowest BCUT2D eigenvalue weighted by molar-refractivity contribution is -0.134. The van der Waals surface area contributed by atoms with Crippen molar-refractivity contribution >= 4 is 5.91 Å². The van der Waals surface area contributed by atoms with Crippen LogP contribution < -0.4 is 5.32 Å². The highest BCUT2D eigenvalue weighted by Crippen LogP contribution is 2.37. The summed E-state index contributed by atoms with van der Waals surface area (Å²) in [5, 5.41) is 3.65. The van der Waals surface area contributed by atoms with Crippen molar-refractivity contribution in [3.05, 3.63) is 0 Å². The highest BCUT2D eigenvalue weighted by Gasteiger charge is 2.51. The summed E-state index contributed by atoms with van der Waals surface area (Å²) in [6, 6.07) is 0. The minimum Gasteiger partial charge on any atom is -0.380 e. The minimum absolute atomic E-state index is 0.217. The maximum absolute atomic E-state index is 12.8. The Morgan fingerprint density at radius 2 is 2.05 bits per heavy atom. The number of nitrogens with one attached hydrogen (secondary N) is 1. The molecule has 0 radical (unpaired) electrons. The van der Waals surface area contributed by atoms with Gasteiger partial charge in [0.05, 0.1) is 18.3 Å². The molecule has 1 amide bonds. The first-order chi connectivity index (χ1) is 10.1. The van der Waals surface area contributed by atoms with E-state index in [1.165, 1.54) is 12.8 Å². The van der Waals surface area contributed by atoms with Gasteiger partial charge in [0.25, 0.3) is 0 Å². The Balaban J connectivity index is 1.84. The predicted molar refractivity (Wildman–Crippen MR) is 85.0 cm³/mol. The van der Waals surface area contributed by atoms with Crippen molar-refractivity contribution in [2.75, 3.05) is 19.8 Å². The molecular weight excluding hydrogens is 264 g/mol. The van der Waals surface area contributed by atoms with Gasteiger partial charge >= 0.3 is 0 Å². The van der Waals surface area contributed by atoms with Gasteiger partial charge in [-0.25, -0.2) is 0 Å². The second-order valence-corrected chi connectivity index (χ2v) is 7.03. The highest BCUT2D eigenvalue weighted by atomic mass is 16.5. The van der Waals surface area contributed by atoms with E-state index in [0.29, 0.717) is 18.4 Å². The lowest BCUT2D eigenvalue weighted by atomic mass is 9.98. The van der Waals surface area contributed by atoms with Crippen molar-refractivity contribution in [2.24, 2.45) is 5.92 Å². The lowest BCUT2D eigenvalue weighted by Gasteiger charge is -2.23. The summed E-state index contributed by atoms with van der Waals surface area (Å²) in [5.41, 5.74) is -0.238. The largest absolute Gasteiger partial charge is 0.380 e. The molecule has 1 unspecified atom stereocenters. The van der Waals surface area contributed by atoms with Crippen molar-refractivity contribution in [3.8, 4) is 0 Å². The van der Waals surface area contributed by atoms with Gasteiger partial charge in [-0.05, 0) is 31.6 Å². The van der Waals surface area contributed by atoms with Crippen molar-refractivity contribution in [2.45, 2.75) is 77.4 Å². The Hall–Kier alpha value is -0.610. The van der Waals surface area contributed by atoms with Gasteiger partial charge in [-0.1, -0.05) is 40.0 Å². The monoisotopic (exact) mass is 296 g/mol. The molecule has 1 saturated carbocycles. The van der Waals surface area contributed by atoms with Crippen molar-refractivity contribution in [1.82, 2.24) is 10.2 Å². The third-order valence-electron chi connectivity index (χ3n) is 4.82. The van der Waals surface area contributed by atoms with Crippen LogP contribution in [0.25, 0.3) is 0 Å². The fourth-order valence-corrected chi connectivity index (χ4v) is 3.55. The molecule has 0 aromatic rings. The van der Waals surface area contributed by atoms with E-state index in [-0.39, 0.29) is 11.7 Å². The van der Waals surface area contributed by atoms with Crippen LogP contribution in [0.4, 0.5) is 0 Å². The van der Waals surface area contributed by atoms with Crippen LogP contribution in [-0.4, -0.2) is 42.3 Å². The van der Waals surface area contributed by atoms with Gasteiger partial charge in [0.15, 0.2) is 0 Å². The van der Waals surface area contributed by atoms with Crippen LogP contribution >= 0.6 is 0 Å². The maximum atomic E-state index is 12.8. The van der Waals surface area contributed by atoms with Crippen LogP contribution in [-0.2, 0) is 9.53 Å². The number of amides is 1. The fraction of sp³-hybridized carbons (Fsp3) is 0.941. The van der Waals surface area contributed by atoms with Gasteiger partial charge in [0.2, 0.25) is 5.91 Å². The first-order valence-corrected chi connectivity index (χ1v) is 8.75. The van der Waals surface area contributed by atoms with Crippen molar-refractivity contribution in [3.63, 3.8) is 0 Å². The third kappa shape index (κ3) is 3.98. The number of rotatable bonds is 8. The van der Waals surface area contributed by atoms with E-state index < -0.39 is 0 Å². The average Bonchev–Trinajstić information content (AvgIpc) is 3.00. The number of hydrogen-bond acceptors (Lipinski definition) is 3. The Bertz CT molecular complexity index is 338. The molecule has 1 spiro atoms. The Kier molecular flexibility index (Phi) is 6.06. The number of carbonyl (C=O) groups excluding carboxylic acids is 1. The van der Waals surface area contributed by atoms with Gasteiger partial charge in [-0.3, -0.25) is 10.1 Å². The van der Waals surface area contributed by atoms with Crippen LogP contribution in [0.3, 0.4) is 0 Å². The van der Waals surface area contributed by atoms with Crippen LogP contribution in [0.2, 0.25) is 0 Å². The molecule has 2 aliphatic rings. The summed E-state index contributed by atoms with van der Waals surface area (Å²) in [5.74, 6) is 1.00. The molecule has 1 aliphatic heterocycles. The van der Waals surface area contributed by atoms with Crippen molar-refractivity contribution < 1.29 is 9.53 Å². The number of carbonyl (C=O) groups is 1. The summed E-state index contributed by atoms with van der Waals surface area (Å²) in [7, 11) is 0. The Morgan fingerprint density at radius 1 is 1.33 bits per heavy atom. The lowest BCUT2D eigenvalue weighted by Crippen LogP contribution is -2.44. The topological polar surface area (TPSA) is 41.6 Å². The van der Waals surface area contributed by atoms with E-state index in [1.807, 2.05) is 4.90 Å². The molecule has 0 aromatic carbocycles. The van der Waals surface area contributed by atoms with Gasteiger partial charge in [-0.2, -0.15) is 0 Å². The molecule has 1 atom stereocenters. The van der Waals surface area contributed by atoms with Gasteiger partial charge in [0.1, 0.15) is 0 Å². The van der Waals surface area contributed by atoms with E-state index in [1.54, 1.807) is 0 Å². The number of hydrogen-bond donors (Lipinski definition) is 1. The molecule has 1 aliphatic carbocycles. The Morgan fingerprint density at radius 3 is 2.67 bits per heavy atom. The van der Waals surface area contributed by atoms with E-state index in [9.17, 15) is 4.79 Å². The highest BCUT2D eigenvalue weighted by molar-refractivity contribution is 5.89. The van der Waals surface area contributed by atoms with Gasteiger partial charge < -0.3 is 9.64 Å². The summed E-state index contributed by atoms with van der Waals surface area (Å²) < 4.78 is 5.71. The summed E-state index contributed by atoms with van der Waals surface area (Å²) in [6.45, 7) is 8.80. The van der Waals surface area contributed by atoms with Gasteiger partial charge in [0, 0.05) is 13.2 Å². The van der Waals surface area contributed by atoms with Crippen LogP contribution in [0, 0.1) is 5.92 Å². The van der Waals surface area contributed by atoms with Crippen LogP contribution in [0.5, 0.6) is 0 Å². The summed E-state index contributed by atoms with van der Waals surface area (Å²) in [4.78, 5) is 14.8. The standard InChI is InChI=1S/C17H32N2O2/c1-4-7-15-18-17(9-5-6-10-17)16(20)19(15)11-13-21-12-8-14(2)3/h14-15,18H,4-13H2,1-3H3. The van der Waals surface area contributed by atoms with E-state index in [2.05, 4.69) is 26.1 Å². The second-order valence-electron chi connectivity index (χ2n) is 7.03. The fourth-order valence-electron chi connectivity index (χ4n) is 3.55. The quantitative estimate of drug-likeness (QED) is 0.700. The first kappa shape index (κ1) is 16.8. The zero-order chi connectivity index (χ0) is 15.3. The predicted octanol–water partition coefficient (Wildman–Crippen LogP) is 2.92. The zero-order valence-electron chi connectivity index (χ0n) is 14.0. The maximum Gasteiger partial charge on any atom is 0.244 e. The molecule has 2 fully saturated rings. The van der Waals surface area contributed by atoms with E-state index in [4.69, 9.17) is 4.74 Å². The number of nitrogens with zero attached hydrogens (tertiary/aromatic N) is 1. The van der Waals surface area contributed by atoms with Crippen LogP contribution in [0.1, 0.15) is 65.7 Å². The van der Waals surface area contributed by atoms with Gasteiger partial charge in [-0.15, -0.1) is 0 Å². The molecule has 4 heteroatoms. The molecule has 2 rings (SSSR count). The molecule has 0 aromatic heterocycles. The molecule has 1 saturated heterocycles. The second kappa shape index (κ2) is 7.59.